The van der Waals surface area contributed by atoms with Gasteiger partial charge >= 0.3 is 0 Å². The third-order valence-electron chi connectivity index (χ3n) is 2.67. The molecule has 0 aliphatic rings. The van der Waals surface area contributed by atoms with Crippen LogP contribution in [0.5, 0.6) is 0 Å². The Morgan fingerprint density at radius 3 is 2.50 bits per heavy atom. The summed E-state index contributed by atoms with van der Waals surface area (Å²) >= 11 is 0. The summed E-state index contributed by atoms with van der Waals surface area (Å²) in [4.78, 5) is 12.0. The molecule has 8 heteroatoms. The van der Waals surface area contributed by atoms with Crippen molar-refractivity contribution in [3.8, 4) is 0 Å². The molecule has 1 unspecified atom stereocenters. The molecule has 1 rings (SSSR count). The first kappa shape index (κ1) is 16.4. The summed E-state index contributed by atoms with van der Waals surface area (Å²) in [6.45, 7) is 3.59. The number of hydrogen-bond acceptors (Lipinski definition) is 4. The molecule has 1 aromatic rings. The number of nitrogens with one attached hydrogen (secondary N) is 2. The number of nitrogens with two attached hydrogens (primary N) is 2. The predicted molar refractivity (Wildman–Crippen MR) is 79.3 cm³/mol. The summed E-state index contributed by atoms with van der Waals surface area (Å²) in [6.07, 6.45) is 1.33. The van der Waals surface area contributed by atoms with E-state index in [0.717, 1.165) is 6.42 Å². The Hall–Kier alpha value is -1.64. The number of carbonyl (C=O) groups excluding carboxylic acids is 1. The van der Waals surface area contributed by atoms with E-state index in [-0.39, 0.29) is 11.6 Å². The second kappa shape index (κ2) is 6.21. The average molecular weight is 300 g/mol. The van der Waals surface area contributed by atoms with Crippen molar-refractivity contribution in [1.82, 2.24) is 0 Å². The average Bonchev–Trinajstić information content (AvgIpc) is 2.26. The molecule has 7 nitrogen and oxygen atoms in total. The minimum absolute atomic E-state index is 0.263. The van der Waals surface area contributed by atoms with E-state index in [1.165, 1.54) is 12.1 Å². The lowest BCUT2D eigenvalue weighted by molar-refractivity contribution is -0.120. The molecule has 0 saturated carbocycles. The van der Waals surface area contributed by atoms with Crippen LogP contribution in [0.4, 0.5) is 11.4 Å². The van der Waals surface area contributed by atoms with Gasteiger partial charge in [-0.2, -0.15) is 8.42 Å². The highest BCUT2D eigenvalue weighted by atomic mass is 32.2. The number of benzene rings is 1. The highest BCUT2D eigenvalue weighted by molar-refractivity contribution is 7.90. The SMILES string of the molecule is CCCC(C)(N)C(=O)Nc1cccc(NS(N)(=O)=O)c1. The van der Waals surface area contributed by atoms with Gasteiger partial charge in [0.1, 0.15) is 0 Å². The van der Waals surface area contributed by atoms with Gasteiger partial charge in [0, 0.05) is 5.69 Å². The Kier molecular flexibility index (Phi) is 5.09. The molecule has 6 N–H and O–H groups in total. The smallest absolute Gasteiger partial charge is 0.296 e. The van der Waals surface area contributed by atoms with Gasteiger partial charge in [0.2, 0.25) is 5.91 Å². The van der Waals surface area contributed by atoms with Crippen LogP contribution < -0.4 is 20.9 Å². The van der Waals surface area contributed by atoms with Crippen molar-refractivity contribution in [1.29, 1.82) is 0 Å². The molecule has 0 bridgehead atoms. The summed E-state index contributed by atoms with van der Waals surface area (Å²) < 4.78 is 24.0. The molecular formula is C12H20N4O3S. The van der Waals surface area contributed by atoms with Crippen molar-refractivity contribution >= 4 is 27.5 Å². The summed E-state index contributed by atoms with van der Waals surface area (Å²) in [7, 11) is -3.85. The maximum Gasteiger partial charge on any atom is 0.296 e. The van der Waals surface area contributed by atoms with E-state index < -0.39 is 15.7 Å². The maximum absolute atomic E-state index is 12.0. The molecule has 0 radical (unpaired) electrons. The molecular weight excluding hydrogens is 280 g/mol. The molecule has 0 spiro atoms. The molecule has 0 aliphatic heterocycles. The quantitative estimate of drug-likeness (QED) is 0.618. The highest BCUT2D eigenvalue weighted by Crippen LogP contribution is 2.18. The Labute approximate surface area is 118 Å². The fraction of sp³-hybridized carbons (Fsp3) is 0.417. The zero-order valence-electron chi connectivity index (χ0n) is 11.5. The standard InChI is InChI=1S/C12H20N4O3S/c1-3-7-12(2,13)11(17)15-9-5-4-6-10(8-9)16-20(14,18)19/h4-6,8,16H,3,7,13H2,1-2H3,(H,15,17)(H2,14,18,19). The van der Waals surface area contributed by atoms with E-state index in [1.54, 1.807) is 19.1 Å². The summed E-state index contributed by atoms with van der Waals surface area (Å²) in [6, 6.07) is 6.21. The minimum atomic E-state index is -3.85. The van der Waals surface area contributed by atoms with Crippen molar-refractivity contribution in [2.24, 2.45) is 10.9 Å². The molecule has 20 heavy (non-hydrogen) atoms. The van der Waals surface area contributed by atoms with Crippen LogP contribution in [-0.2, 0) is 15.0 Å². The first-order chi connectivity index (χ1) is 9.14. The zero-order chi connectivity index (χ0) is 15.4. The third kappa shape index (κ3) is 5.16. The number of rotatable bonds is 6. The van der Waals surface area contributed by atoms with Crippen LogP contribution in [0, 0.1) is 0 Å². The topological polar surface area (TPSA) is 127 Å². The van der Waals surface area contributed by atoms with Crippen molar-refractivity contribution in [2.75, 3.05) is 10.0 Å². The summed E-state index contributed by atoms with van der Waals surface area (Å²) in [5, 5.41) is 7.53. The Morgan fingerprint density at radius 1 is 1.35 bits per heavy atom. The van der Waals surface area contributed by atoms with Crippen LogP contribution in [0.3, 0.4) is 0 Å². The van der Waals surface area contributed by atoms with Crippen LogP contribution in [0.15, 0.2) is 24.3 Å². The van der Waals surface area contributed by atoms with Crippen molar-refractivity contribution in [2.45, 2.75) is 32.2 Å². The predicted octanol–water partition coefficient (Wildman–Crippen LogP) is 0.758. The monoisotopic (exact) mass is 300 g/mol. The second-order valence-electron chi connectivity index (χ2n) is 4.85. The van der Waals surface area contributed by atoms with Crippen molar-refractivity contribution in [3.63, 3.8) is 0 Å². The van der Waals surface area contributed by atoms with Gasteiger partial charge in [0.05, 0.1) is 11.2 Å². The number of hydrogen-bond donors (Lipinski definition) is 4. The molecule has 1 atom stereocenters. The molecule has 0 aliphatic carbocycles. The lowest BCUT2D eigenvalue weighted by Gasteiger charge is -2.23. The van der Waals surface area contributed by atoms with E-state index in [0.29, 0.717) is 12.1 Å². The molecule has 0 saturated heterocycles. The van der Waals surface area contributed by atoms with Gasteiger partial charge in [-0.15, -0.1) is 0 Å². The van der Waals surface area contributed by atoms with Gasteiger partial charge in [-0.25, -0.2) is 5.14 Å². The molecule has 1 aromatic carbocycles. The van der Waals surface area contributed by atoms with E-state index in [1.807, 2.05) is 6.92 Å². The van der Waals surface area contributed by atoms with Gasteiger partial charge in [0.25, 0.3) is 10.2 Å². The Morgan fingerprint density at radius 2 is 1.95 bits per heavy atom. The fourth-order valence-corrected chi connectivity index (χ4v) is 2.19. The van der Waals surface area contributed by atoms with E-state index in [4.69, 9.17) is 10.9 Å². The van der Waals surface area contributed by atoms with Gasteiger partial charge < -0.3 is 11.1 Å². The molecule has 0 fully saturated rings. The van der Waals surface area contributed by atoms with Gasteiger partial charge in [-0.05, 0) is 31.5 Å². The number of anilines is 2. The third-order valence-corrected chi connectivity index (χ3v) is 3.19. The largest absolute Gasteiger partial charge is 0.324 e. The first-order valence-corrected chi connectivity index (χ1v) is 7.69. The molecule has 112 valence electrons. The van der Waals surface area contributed by atoms with E-state index in [2.05, 4.69) is 10.0 Å². The van der Waals surface area contributed by atoms with Gasteiger partial charge in [-0.1, -0.05) is 19.4 Å². The zero-order valence-corrected chi connectivity index (χ0v) is 12.3. The Balaban J connectivity index is 2.84. The normalized spacial score (nSPS) is 14.4. The fourth-order valence-electron chi connectivity index (χ4n) is 1.73. The van der Waals surface area contributed by atoms with Gasteiger partial charge in [0.15, 0.2) is 0 Å². The molecule has 1 amide bonds. The minimum Gasteiger partial charge on any atom is -0.324 e. The van der Waals surface area contributed by atoms with E-state index in [9.17, 15) is 13.2 Å². The lowest BCUT2D eigenvalue weighted by Crippen LogP contribution is -2.48. The number of carbonyl (C=O) groups is 1. The van der Waals surface area contributed by atoms with E-state index >= 15 is 0 Å². The summed E-state index contributed by atoms with van der Waals surface area (Å²) in [5.74, 6) is -0.327. The maximum atomic E-state index is 12.0. The summed E-state index contributed by atoms with van der Waals surface area (Å²) in [5.41, 5.74) is 5.65. The van der Waals surface area contributed by atoms with Crippen LogP contribution in [0.1, 0.15) is 26.7 Å². The lowest BCUT2D eigenvalue weighted by atomic mass is 9.96. The first-order valence-electron chi connectivity index (χ1n) is 6.15. The molecule has 0 aromatic heterocycles. The van der Waals surface area contributed by atoms with Crippen LogP contribution in [0.25, 0.3) is 0 Å². The van der Waals surface area contributed by atoms with Crippen LogP contribution in [-0.4, -0.2) is 19.9 Å². The Bertz CT molecular complexity index is 584. The highest BCUT2D eigenvalue weighted by Gasteiger charge is 2.27. The van der Waals surface area contributed by atoms with Crippen LogP contribution >= 0.6 is 0 Å². The van der Waals surface area contributed by atoms with Crippen LogP contribution in [0.2, 0.25) is 0 Å². The van der Waals surface area contributed by atoms with Gasteiger partial charge in [-0.3, -0.25) is 9.52 Å². The van der Waals surface area contributed by atoms with Crippen molar-refractivity contribution in [3.05, 3.63) is 24.3 Å². The second-order valence-corrected chi connectivity index (χ2v) is 6.14. The number of amides is 1. The molecule has 0 heterocycles. The van der Waals surface area contributed by atoms with Crippen molar-refractivity contribution < 1.29 is 13.2 Å².